The normalized spacial score (nSPS) is 18.9. The maximum atomic E-state index is 12.8. The van der Waals surface area contributed by atoms with Crippen molar-refractivity contribution in [3.63, 3.8) is 0 Å². The Balaban J connectivity index is 0.000000401. The quantitative estimate of drug-likeness (QED) is 0.00993. The Morgan fingerprint density at radius 1 is 0.481 bits per heavy atom. The van der Waals surface area contributed by atoms with E-state index in [1.54, 1.807) is 108 Å². The van der Waals surface area contributed by atoms with Crippen LogP contribution in [0.15, 0.2) is 70.9 Å². The number of hydrogen-bond acceptors (Lipinski definition) is 40. The van der Waals surface area contributed by atoms with Crippen LogP contribution in [0.3, 0.4) is 0 Å². The van der Waals surface area contributed by atoms with E-state index in [0.717, 1.165) is 72.9 Å². The van der Waals surface area contributed by atoms with Crippen LogP contribution in [0, 0.1) is 0 Å². The van der Waals surface area contributed by atoms with E-state index in [0.29, 0.717) is 137 Å². The number of nitrogens with one attached hydrogen (secondary N) is 4. The summed E-state index contributed by atoms with van der Waals surface area (Å²) in [6, 6.07) is 10.8. The summed E-state index contributed by atoms with van der Waals surface area (Å²) in [5.41, 5.74) is 39.4. The van der Waals surface area contributed by atoms with Gasteiger partial charge < -0.3 is 145 Å². The van der Waals surface area contributed by atoms with E-state index < -0.39 is 110 Å². The summed E-state index contributed by atoms with van der Waals surface area (Å²) in [6.07, 6.45) is 5.46. The summed E-state index contributed by atoms with van der Waals surface area (Å²) in [6.45, 7) is 4.71. The Bertz CT molecular complexity index is 4120. The Hall–Kier alpha value is -8.58. The molecule has 2 aliphatic rings. The second kappa shape index (κ2) is 62.7. The summed E-state index contributed by atoms with van der Waals surface area (Å²) in [5, 5.41) is 105. The third kappa shape index (κ3) is 41.4. The molecule has 12 unspecified atom stereocenters. The summed E-state index contributed by atoms with van der Waals surface area (Å²) in [5.74, 6) is 1.09. The van der Waals surface area contributed by atoms with Gasteiger partial charge in [0.2, 0.25) is 23.7 Å². The van der Waals surface area contributed by atoms with Gasteiger partial charge in [-0.05, 0) is 136 Å². The smallest absolute Gasteiger partial charge is 0.326 e. The number of nitrogens with zero attached hydrogens (tertiary/aromatic N) is 12. The Morgan fingerprint density at radius 2 is 0.837 bits per heavy atom. The molecule has 0 spiro atoms. The molecular formula is C80H126AuN22O22S4. The number of aliphatic hydroxyl groups is 8. The molecule has 6 aromatic rings. The summed E-state index contributed by atoms with van der Waals surface area (Å²) in [7, 11) is 3.68. The molecule has 0 aliphatic carbocycles. The van der Waals surface area contributed by atoms with Crippen LogP contribution in [0.2, 0.25) is 0 Å². The number of ether oxygens (including phenoxy) is 6. The average Bonchev–Trinajstić information content (AvgIpc) is 0.818. The molecule has 4 amide bonds. The molecule has 723 valence electrons. The number of amidine groups is 2. The second-order valence-corrected chi connectivity index (χ2v) is 33.0. The molecule has 2 aromatic carbocycles. The van der Waals surface area contributed by atoms with Gasteiger partial charge in [-0.15, -0.1) is 0 Å². The minimum Gasteiger partial charge on any atom is -0.480 e. The van der Waals surface area contributed by atoms with Crippen molar-refractivity contribution < 1.29 is 131 Å². The molecule has 129 heavy (non-hydrogen) atoms. The molecule has 2 saturated heterocycles. The van der Waals surface area contributed by atoms with Crippen molar-refractivity contribution in [2.75, 3.05) is 174 Å². The number of nitrogens with two attached hydrogens (primary N) is 6. The number of fused-ring (bicyclic) bond motifs is 2. The van der Waals surface area contributed by atoms with Crippen LogP contribution >= 0.6 is 47.0 Å². The molecule has 0 saturated carbocycles. The molecule has 8 rings (SSSR count). The number of carbonyl (C=O) groups is 6. The van der Waals surface area contributed by atoms with Crippen LogP contribution in [0.4, 0.5) is 34.9 Å². The van der Waals surface area contributed by atoms with Crippen LogP contribution in [-0.4, -0.2) is 353 Å². The van der Waals surface area contributed by atoms with Gasteiger partial charge in [0, 0.05) is 149 Å². The predicted molar refractivity (Wildman–Crippen MR) is 492 cm³/mol. The van der Waals surface area contributed by atoms with E-state index in [4.69, 9.17) is 73.0 Å². The number of amides is 4. The molecular weight excluding hydrogens is 1950 g/mol. The Morgan fingerprint density at radius 3 is 1.18 bits per heavy atom. The third-order valence-corrected chi connectivity index (χ3v) is 21.5. The number of aliphatic imine (C=N–C) groups is 2. The van der Waals surface area contributed by atoms with Crippen LogP contribution in [0.1, 0.15) is 109 Å². The molecule has 2 fully saturated rings. The fraction of sp³-hybridized carbons (Fsp3) is 0.600. The van der Waals surface area contributed by atoms with E-state index in [9.17, 15) is 69.6 Å². The predicted octanol–water partition coefficient (Wildman–Crippen LogP) is -0.476. The molecule has 0 bridgehead atoms. The number of hydrogen-bond donors (Lipinski definition) is 20. The van der Waals surface area contributed by atoms with Crippen molar-refractivity contribution in [2.24, 2.45) is 21.5 Å². The Kier molecular flexibility index (Phi) is 54.8. The maximum absolute atomic E-state index is 12.8. The molecule has 4 aromatic heterocycles. The standard InChI is InChI=1S/2C31H45N11O5S.2C9H18O6S.Au/c2*1-42(19-21-18-37-28-26(38-21)27(33)40-31(34)41-28)22-9-7-20(8-10-22)29(44)39-23(30(45)46)11-12-25(43)36-14-5-16-47-15-4-13-35-24(32)6-3-17-48-2;2*1-16-3-2-14-9-8(13)7(12)6(11)5(4-10)15-9;/h2*7-10,18,23H,3-6,11-17,19H2,1-2H3,(H2,32,35)(H,36,43)(H,39,44)(H,45,46)(H4,33,34,37,40,41);2*5-13H,2-4H2,1H3;. The molecule has 49 heteroatoms. The number of aliphatic hydroxyl groups excluding tert-OH is 8. The fourth-order valence-electron chi connectivity index (χ4n) is 11.9. The van der Waals surface area contributed by atoms with Gasteiger partial charge in [-0.2, -0.15) is 67.0 Å². The number of aliphatic carboxylic acids is 2. The first-order chi connectivity index (χ1) is 61.4. The number of thioether (sulfide) groups is 4. The zero-order valence-electron chi connectivity index (χ0n) is 73.1. The number of rotatable bonds is 52. The van der Waals surface area contributed by atoms with Gasteiger partial charge in [0.1, 0.15) is 60.9 Å². The molecule has 1 radical (unpaired) electrons. The van der Waals surface area contributed by atoms with Crippen LogP contribution in [-0.2, 0) is 83.1 Å². The number of carbonyl (C=O) groups excluding carboxylic acids is 4. The number of carboxylic acids is 2. The fourth-order valence-corrected chi connectivity index (χ4v) is 13.3. The summed E-state index contributed by atoms with van der Waals surface area (Å²) >= 11 is 6.73. The number of aromatic nitrogens is 8. The topological polar surface area (TPSA) is 699 Å². The first kappa shape index (κ1) is 113. The van der Waals surface area contributed by atoms with Gasteiger partial charge in [-0.25, -0.2) is 29.5 Å². The molecule has 26 N–H and O–H groups in total. The number of carboxylic acid groups (broad SMARTS) is 2. The number of nitrogen functional groups attached to an aromatic ring is 4. The Labute approximate surface area is 780 Å². The van der Waals surface area contributed by atoms with E-state index in [1.807, 2.05) is 36.4 Å². The van der Waals surface area contributed by atoms with Gasteiger partial charge in [0.25, 0.3) is 11.8 Å². The van der Waals surface area contributed by atoms with E-state index >= 15 is 0 Å². The van der Waals surface area contributed by atoms with Crippen molar-refractivity contribution in [2.45, 2.75) is 164 Å². The SMILES string of the molecule is CSCCCC(N)=NCCCOCCCNC(=O)CCC(NC(=O)c1ccc(N(C)Cc2cnc3nc(N)nc(N)c3n2)cc1)C(=O)O.CSCCCC(N)=NCCCOCCCNC(=O)CCC(NC(=O)c1ccc(N(C)Cc2cnc3nc(N)nc(N)c3n2)cc1)C(=O)O.CSCCOC1OC(CO)C(O)C(O)C1O.CSCCOC1OC(CO)C(O)C(O)C1O.[Au]. The zero-order valence-corrected chi connectivity index (χ0v) is 78.5. The van der Waals surface area contributed by atoms with Crippen LogP contribution in [0.25, 0.3) is 22.3 Å². The first-order valence-corrected chi connectivity index (χ1v) is 46.8. The monoisotopic (exact) mass is 2070 g/mol. The first-order valence-electron chi connectivity index (χ1n) is 41.2. The molecule has 44 nitrogen and oxygen atoms in total. The van der Waals surface area contributed by atoms with Gasteiger partial charge in [-0.1, -0.05) is 0 Å². The van der Waals surface area contributed by atoms with Crippen LogP contribution < -0.4 is 65.5 Å². The zero-order chi connectivity index (χ0) is 94.0. The van der Waals surface area contributed by atoms with Crippen molar-refractivity contribution in [3.05, 3.63) is 83.4 Å². The number of anilines is 6. The van der Waals surface area contributed by atoms with E-state index in [1.165, 1.54) is 0 Å². The largest absolute Gasteiger partial charge is 0.480 e. The average molecular weight is 2070 g/mol. The third-order valence-electron chi connectivity index (χ3n) is 19.0. The van der Waals surface area contributed by atoms with Crippen molar-refractivity contribution in [1.29, 1.82) is 0 Å². The van der Waals surface area contributed by atoms with Crippen molar-refractivity contribution >= 4 is 152 Å². The minimum absolute atomic E-state index is 0. The summed E-state index contributed by atoms with van der Waals surface area (Å²) < 4.78 is 31.8. The number of benzene rings is 2. The van der Waals surface area contributed by atoms with Gasteiger partial charge in [0.05, 0.1) is 75.0 Å². The molecule has 6 heterocycles. The van der Waals surface area contributed by atoms with Gasteiger partial charge >= 0.3 is 11.9 Å². The molecule has 2 aliphatic heterocycles. The van der Waals surface area contributed by atoms with E-state index in [2.05, 4.69) is 83.6 Å². The van der Waals surface area contributed by atoms with Crippen molar-refractivity contribution in [3.8, 4) is 0 Å². The van der Waals surface area contributed by atoms with E-state index in [-0.39, 0.29) is 94.5 Å². The van der Waals surface area contributed by atoms with Gasteiger partial charge in [-0.3, -0.25) is 29.2 Å². The summed E-state index contributed by atoms with van der Waals surface area (Å²) in [4.78, 5) is 120. The molecule has 12 atom stereocenters. The van der Waals surface area contributed by atoms with Crippen molar-refractivity contribution in [1.82, 2.24) is 61.1 Å². The van der Waals surface area contributed by atoms with Gasteiger partial charge in [0.15, 0.2) is 46.5 Å². The van der Waals surface area contributed by atoms with Crippen LogP contribution in [0.5, 0.6) is 0 Å². The maximum Gasteiger partial charge on any atom is 0.326 e. The second-order valence-electron chi connectivity index (χ2n) is 29.0. The minimum atomic E-state index is -1.37.